The molecule has 0 atom stereocenters. The summed E-state index contributed by atoms with van der Waals surface area (Å²) in [5.74, 6) is 1.28. The SMILES string of the molecule is CC1=C(C(=O)Nc2ccc3[nH]nc(-c4cc(N5CCNCC5)ncn4)c3c2)Cn2nnnc2N1C. The van der Waals surface area contributed by atoms with Crippen LogP contribution in [0.4, 0.5) is 17.5 Å². The van der Waals surface area contributed by atoms with Crippen molar-refractivity contribution in [1.82, 2.24) is 45.7 Å². The number of carbonyl (C=O) groups is 1. The number of aromatic nitrogens is 8. The first-order valence-corrected chi connectivity index (χ1v) is 11.4. The lowest BCUT2D eigenvalue weighted by atomic mass is 10.1. The number of benzene rings is 1. The highest BCUT2D eigenvalue weighted by Crippen LogP contribution is 2.30. The molecule has 35 heavy (non-hydrogen) atoms. The van der Waals surface area contributed by atoms with E-state index in [1.807, 2.05) is 38.2 Å². The maximum Gasteiger partial charge on any atom is 0.255 e. The third kappa shape index (κ3) is 3.75. The van der Waals surface area contributed by atoms with Crippen LogP contribution in [0.1, 0.15) is 6.92 Å². The molecule has 2 aliphatic heterocycles. The van der Waals surface area contributed by atoms with Gasteiger partial charge in [0.1, 0.15) is 17.8 Å². The van der Waals surface area contributed by atoms with E-state index < -0.39 is 0 Å². The van der Waals surface area contributed by atoms with Crippen molar-refractivity contribution in [3.05, 3.63) is 41.9 Å². The highest BCUT2D eigenvalue weighted by Gasteiger charge is 2.26. The molecule has 13 heteroatoms. The molecule has 6 rings (SSSR count). The summed E-state index contributed by atoms with van der Waals surface area (Å²) in [7, 11) is 1.84. The Hall–Kier alpha value is -4.39. The number of aromatic amines is 1. The van der Waals surface area contributed by atoms with E-state index in [4.69, 9.17) is 0 Å². The number of carbonyl (C=O) groups excluding carboxylic acids is 1. The van der Waals surface area contributed by atoms with E-state index >= 15 is 0 Å². The molecule has 1 fully saturated rings. The molecule has 0 spiro atoms. The van der Waals surface area contributed by atoms with Gasteiger partial charge in [0, 0.05) is 56.1 Å². The fourth-order valence-corrected chi connectivity index (χ4v) is 4.43. The Kier molecular flexibility index (Phi) is 5.10. The number of anilines is 3. The van der Waals surface area contributed by atoms with Crippen LogP contribution in [0.3, 0.4) is 0 Å². The maximum absolute atomic E-state index is 13.2. The van der Waals surface area contributed by atoms with E-state index in [0.29, 0.717) is 29.4 Å². The number of piperazine rings is 1. The quantitative estimate of drug-likeness (QED) is 0.389. The summed E-state index contributed by atoms with van der Waals surface area (Å²) in [6.07, 6.45) is 1.57. The van der Waals surface area contributed by atoms with Crippen LogP contribution in [0.15, 0.2) is 41.9 Å². The fourth-order valence-electron chi connectivity index (χ4n) is 4.43. The molecule has 0 aliphatic carbocycles. The Bertz CT molecular complexity index is 1450. The Labute approximate surface area is 200 Å². The van der Waals surface area contributed by atoms with E-state index in [2.05, 4.69) is 51.2 Å². The molecular formula is C22H24N12O. The van der Waals surface area contributed by atoms with Gasteiger partial charge in [0.15, 0.2) is 0 Å². The summed E-state index contributed by atoms with van der Waals surface area (Å²) in [6, 6.07) is 7.61. The van der Waals surface area contributed by atoms with E-state index in [1.54, 1.807) is 15.9 Å². The van der Waals surface area contributed by atoms with Crippen LogP contribution in [0.2, 0.25) is 0 Å². The first-order chi connectivity index (χ1) is 17.1. The maximum atomic E-state index is 13.2. The van der Waals surface area contributed by atoms with Crippen LogP contribution >= 0.6 is 0 Å². The minimum Gasteiger partial charge on any atom is -0.354 e. The average Bonchev–Trinajstić information content (AvgIpc) is 3.54. The van der Waals surface area contributed by atoms with Gasteiger partial charge in [0.2, 0.25) is 5.95 Å². The second kappa shape index (κ2) is 8.43. The molecule has 0 radical (unpaired) electrons. The molecule has 1 amide bonds. The highest BCUT2D eigenvalue weighted by molar-refractivity contribution is 6.06. The number of nitrogens with one attached hydrogen (secondary N) is 3. The van der Waals surface area contributed by atoms with E-state index in [-0.39, 0.29) is 5.91 Å². The molecular weight excluding hydrogens is 448 g/mol. The minimum atomic E-state index is -0.206. The Balaban J connectivity index is 1.28. The molecule has 4 aromatic rings. The summed E-state index contributed by atoms with van der Waals surface area (Å²) in [4.78, 5) is 26.1. The van der Waals surface area contributed by atoms with Crippen molar-refractivity contribution in [1.29, 1.82) is 0 Å². The molecule has 13 nitrogen and oxygen atoms in total. The largest absolute Gasteiger partial charge is 0.354 e. The summed E-state index contributed by atoms with van der Waals surface area (Å²) < 4.78 is 1.60. The number of hydrogen-bond acceptors (Lipinski definition) is 10. The Morgan fingerprint density at radius 1 is 1.14 bits per heavy atom. The zero-order chi connectivity index (χ0) is 23.9. The third-order valence-electron chi connectivity index (χ3n) is 6.49. The highest BCUT2D eigenvalue weighted by atomic mass is 16.1. The number of allylic oxidation sites excluding steroid dienone is 1. The standard InChI is InChI=1S/C22H24N12O/c1-13-16(11-34-22(32(13)2)29-30-31-34)21(35)26-14-3-4-17-15(9-14)20(28-27-17)18-10-19(25-12-24-18)33-7-5-23-6-8-33/h3-4,9-10,12,23H,5-8,11H2,1-2H3,(H,26,35)(H,27,28). The number of tetrazole rings is 1. The monoisotopic (exact) mass is 472 g/mol. The third-order valence-corrected chi connectivity index (χ3v) is 6.49. The van der Waals surface area contributed by atoms with Gasteiger partial charge < -0.3 is 20.4 Å². The van der Waals surface area contributed by atoms with Crippen molar-refractivity contribution in [3.8, 4) is 11.4 Å². The molecule has 0 bridgehead atoms. The molecule has 1 saturated heterocycles. The van der Waals surface area contributed by atoms with Gasteiger partial charge in [0.25, 0.3) is 5.91 Å². The first-order valence-electron chi connectivity index (χ1n) is 11.4. The zero-order valence-electron chi connectivity index (χ0n) is 19.4. The van der Waals surface area contributed by atoms with Crippen LogP contribution in [0, 0.1) is 0 Å². The summed E-state index contributed by atoms with van der Waals surface area (Å²) in [6.45, 7) is 5.83. The smallest absolute Gasteiger partial charge is 0.255 e. The van der Waals surface area contributed by atoms with Crippen LogP contribution in [0.5, 0.6) is 0 Å². The van der Waals surface area contributed by atoms with E-state index in [0.717, 1.165) is 54.3 Å². The van der Waals surface area contributed by atoms with Crippen LogP contribution in [-0.2, 0) is 11.3 Å². The second-order valence-corrected chi connectivity index (χ2v) is 8.54. The molecule has 5 heterocycles. The lowest BCUT2D eigenvalue weighted by molar-refractivity contribution is -0.113. The van der Waals surface area contributed by atoms with Gasteiger partial charge in [-0.05, 0) is 35.5 Å². The first kappa shape index (κ1) is 21.2. The fraction of sp³-hybridized carbons (Fsp3) is 0.318. The molecule has 2 aliphatic rings. The van der Waals surface area contributed by atoms with Gasteiger partial charge >= 0.3 is 0 Å². The van der Waals surface area contributed by atoms with Crippen molar-refractivity contribution in [3.63, 3.8) is 0 Å². The average molecular weight is 473 g/mol. The number of hydrogen-bond donors (Lipinski definition) is 3. The molecule has 0 unspecified atom stereocenters. The van der Waals surface area contributed by atoms with Gasteiger partial charge in [-0.15, -0.1) is 0 Å². The van der Waals surface area contributed by atoms with E-state index in [1.165, 1.54) is 0 Å². The topological polar surface area (TPSA) is 146 Å². The molecule has 3 aromatic heterocycles. The van der Waals surface area contributed by atoms with Crippen molar-refractivity contribution in [2.24, 2.45) is 0 Å². The Morgan fingerprint density at radius 2 is 2.00 bits per heavy atom. The molecule has 3 N–H and O–H groups in total. The summed E-state index contributed by atoms with van der Waals surface area (Å²) >= 11 is 0. The van der Waals surface area contributed by atoms with Crippen LogP contribution < -0.4 is 20.4 Å². The van der Waals surface area contributed by atoms with Crippen LogP contribution in [0.25, 0.3) is 22.3 Å². The second-order valence-electron chi connectivity index (χ2n) is 8.54. The van der Waals surface area contributed by atoms with Crippen molar-refractivity contribution < 1.29 is 4.79 Å². The molecule has 0 saturated carbocycles. The number of fused-ring (bicyclic) bond motifs is 2. The zero-order valence-corrected chi connectivity index (χ0v) is 19.4. The molecule has 1 aromatic carbocycles. The van der Waals surface area contributed by atoms with Crippen molar-refractivity contribution in [2.45, 2.75) is 13.5 Å². The number of nitrogens with zero attached hydrogens (tertiary/aromatic N) is 9. The van der Waals surface area contributed by atoms with Gasteiger partial charge in [-0.3, -0.25) is 9.89 Å². The minimum absolute atomic E-state index is 0.206. The number of amides is 1. The Morgan fingerprint density at radius 3 is 2.86 bits per heavy atom. The van der Waals surface area contributed by atoms with Gasteiger partial charge in [0.05, 0.1) is 23.3 Å². The summed E-state index contributed by atoms with van der Waals surface area (Å²) in [5.41, 5.74) is 4.34. The van der Waals surface area contributed by atoms with Gasteiger partial charge in [-0.25, -0.2) is 14.6 Å². The number of H-pyrrole nitrogens is 1. The van der Waals surface area contributed by atoms with E-state index in [9.17, 15) is 4.79 Å². The van der Waals surface area contributed by atoms with Crippen molar-refractivity contribution >= 4 is 34.3 Å². The molecule has 178 valence electrons. The normalized spacial score (nSPS) is 16.1. The summed E-state index contributed by atoms with van der Waals surface area (Å²) in [5, 5.41) is 26.5. The lowest BCUT2D eigenvalue weighted by Gasteiger charge is -2.28. The predicted octanol–water partition coefficient (Wildman–Crippen LogP) is 0.778. The number of rotatable bonds is 4. The lowest BCUT2D eigenvalue weighted by Crippen LogP contribution is -2.43. The van der Waals surface area contributed by atoms with Gasteiger partial charge in [-0.2, -0.15) is 5.10 Å². The van der Waals surface area contributed by atoms with Crippen molar-refractivity contribution in [2.75, 3.05) is 48.3 Å². The van der Waals surface area contributed by atoms with Gasteiger partial charge in [-0.1, -0.05) is 5.10 Å². The van der Waals surface area contributed by atoms with Crippen LogP contribution in [-0.4, -0.2) is 79.5 Å². The predicted molar refractivity (Wildman–Crippen MR) is 130 cm³/mol.